The van der Waals surface area contributed by atoms with Crippen molar-refractivity contribution >= 4 is 16.8 Å². The van der Waals surface area contributed by atoms with Gasteiger partial charge in [0.05, 0.1) is 30.9 Å². The van der Waals surface area contributed by atoms with Crippen LogP contribution in [0.25, 0.3) is 28.1 Å². The predicted molar refractivity (Wildman–Crippen MR) is 93.3 cm³/mol. The van der Waals surface area contributed by atoms with Crippen LogP contribution in [-0.2, 0) is 4.74 Å². The van der Waals surface area contributed by atoms with E-state index in [-0.39, 0.29) is 6.61 Å². The molecule has 5 rings (SSSR count). The first-order chi connectivity index (χ1) is 12.8. The summed E-state index contributed by atoms with van der Waals surface area (Å²) in [6, 6.07) is 9.98. The average molecular weight is 351 g/mol. The number of nitrogens with zero attached hydrogens (tertiary/aromatic N) is 5. The zero-order chi connectivity index (χ0) is 17.7. The van der Waals surface area contributed by atoms with Gasteiger partial charge in [0.1, 0.15) is 18.7 Å². The Labute approximate surface area is 148 Å². The first kappa shape index (κ1) is 15.4. The van der Waals surface area contributed by atoms with E-state index in [0.717, 1.165) is 11.3 Å². The highest BCUT2D eigenvalue weighted by atomic mass is 16.5. The molecule has 1 saturated heterocycles. The summed E-state index contributed by atoms with van der Waals surface area (Å²) in [5, 5.41) is 19.3. The Morgan fingerprint density at radius 3 is 2.69 bits per heavy atom. The van der Waals surface area contributed by atoms with E-state index in [0.29, 0.717) is 23.2 Å². The summed E-state index contributed by atoms with van der Waals surface area (Å²) in [7, 11) is 0. The van der Waals surface area contributed by atoms with Crippen LogP contribution in [0.2, 0.25) is 0 Å². The van der Waals surface area contributed by atoms with Gasteiger partial charge < -0.3 is 14.9 Å². The van der Waals surface area contributed by atoms with Crippen LogP contribution in [0, 0.1) is 0 Å². The van der Waals surface area contributed by atoms with Crippen LogP contribution >= 0.6 is 0 Å². The highest BCUT2D eigenvalue weighted by Gasteiger charge is 2.35. The Morgan fingerprint density at radius 1 is 1.08 bits per heavy atom. The molecule has 4 heterocycles. The molecule has 1 fully saturated rings. The third kappa shape index (κ3) is 2.23. The third-order valence-corrected chi connectivity index (χ3v) is 4.84. The fraction of sp³-hybridized carbons (Fsp3) is 0.278. The van der Waals surface area contributed by atoms with E-state index >= 15 is 0 Å². The molecule has 3 aromatic heterocycles. The van der Waals surface area contributed by atoms with E-state index < -0.39 is 18.4 Å². The Balaban J connectivity index is 1.61. The quantitative estimate of drug-likeness (QED) is 0.579. The molecule has 1 aliphatic rings. The maximum absolute atomic E-state index is 9.98. The number of hydrogen-bond donors (Lipinski definition) is 2. The van der Waals surface area contributed by atoms with Crippen LogP contribution in [0.4, 0.5) is 0 Å². The van der Waals surface area contributed by atoms with Crippen molar-refractivity contribution in [2.24, 2.45) is 0 Å². The van der Waals surface area contributed by atoms with Crippen LogP contribution in [0.5, 0.6) is 0 Å². The molecule has 132 valence electrons. The number of aliphatic hydroxyl groups is 2. The zero-order valence-corrected chi connectivity index (χ0v) is 13.8. The molecule has 0 saturated carbocycles. The van der Waals surface area contributed by atoms with Crippen molar-refractivity contribution in [3.8, 4) is 11.3 Å². The van der Waals surface area contributed by atoms with Gasteiger partial charge in [0, 0.05) is 12.0 Å². The van der Waals surface area contributed by atoms with Crippen molar-refractivity contribution in [1.82, 2.24) is 23.9 Å². The highest BCUT2D eigenvalue weighted by molar-refractivity contribution is 5.87. The predicted octanol–water partition coefficient (Wildman–Crippen LogP) is 1.39. The number of benzene rings is 1. The van der Waals surface area contributed by atoms with Gasteiger partial charge in [-0.1, -0.05) is 30.3 Å². The van der Waals surface area contributed by atoms with E-state index in [1.165, 1.54) is 0 Å². The van der Waals surface area contributed by atoms with E-state index in [4.69, 9.17) is 4.74 Å². The Morgan fingerprint density at radius 2 is 1.92 bits per heavy atom. The average Bonchev–Trinajstić information content (AvgIpc) is 3.37. The molecule has 1 aromatic carbocycles. The summed E-state index contributed by atoms with van der Waals surface area (Å²) < 4.78 is 9.41. The van der Waals surface area contributed by atoms with Crippen molar-refractivity contribution in [3.63, 3.8) is 0 Å². The number of ether oxygens (including phenoxy) is 1. The van der Waals surface area contributed by atoms with Crippen molar-refractivity contribution in [1.29, 1.82) is 0 Å². The molecule has 8 heteroatoms. The molecule has 0 aliphatic carbocycles. The lowest BCUT2D eigenvalue weighted by atomic mass is 10.2. The second-order valence-corrected chi connectivity index (χ2v) is 6.39. The fourth-order valence-electron chi connectivity index (χ4n) is 3.49. The summed E-state index contributed by atoms with van der Waals surface area (Å²) in [6.07, 6.45) is 3.85. The van der Waals surface area contributed by atoms with Crippen molar-refractivity contribution in [2.75, 3.05) is 6.61 Å². The molecule has 4 aromatic rings. The molecule has 0 radical (unpaired) electrons. The van der Waals surface area contributed by atoms with Crippen molar-refractivity contribution in [3.05, 3.63) is 49.2 Å². The van der Waals surface area contributed by atoms with Gasteiger partial charge in [0.25, 0.3) is 0 Å². The van der Waals surface area contributed by atoms with Gasteiger partial charge in [0.2, 0.25) is 0 Å². The molecular formula is C18H17N5O3. The standard InChI is InChI=1S/C18H17N5O3/c24-8-14-13(25)6-15(26-14)23-9-20-16-17-19-7-12(11-4-2-1-3-5-11)22(17)10-21-18(16)23/h1-5,7,9-10,13-15,24-25H,6,8H2/t13-,14+,15+/m0/s1. The van der Waals surface area contributed by atoms with Crippen LogP contribution in [0.1, 0.15) is 12.6 Å². The summed E-state index contributed by atoms with van der Waals surface area (Å²) >= 11 is 0. The number of rotatable bonds is 3. The maximum atomic E-state index is 9.98. The van der Waals surface area contributed by atoms with Gasteiger partial charge in [-0.25, -0.2) is 15.0 Å². The first-order valence-corrected chi connectivity index (χ1v) is 8.44. The normalized spacial score (nSPS) is 23.2. The van der Waals surface area contributed by atoms with E-state index in [2.05, 4.69) is 15.0 Å². The Kier molecular flexibility index (Phi) is 3.49. The Hall–Kier alpha value is -2.81. The van der Waals surface area contributed by atoms with E-state index in [1.807, 2.05) is 40.9 Å². The summed E-state index contributed by atoms with van der Waals surface area (Å²) in [6.45, 7) is -0.220. The lowest BCUT2D eigenvalue weighted by Crippen LogP contribution is -2.24. The number of imidazole rings is 2. The van der Waals surface area contributed by atoms with E-state index in [9.17, 15) is 10.2 Å². The van der Waals surface area contributed by atoms with E-state index in [1.54, 1.807) is 17.2 Å². The number of fused-ring (bicyclic) bond motifs is 3. The maximum Gasteiger partial charge on any atom is 0.168 e. The first-order valence-electron chi connectivity index (χ1n) is 8.44. The molecule has 26 heavy (non-hydrogen) atoms. The largest absolute Gasteiger partial charge is 0.394 e. The molecule has 0 amide bonds. The van der Waals surface area contributed by atoms with Crippen LogP contribution in [0.3, 0.4) is 0 Å². The van der Waals surface area contributed by atoms with Crippen molar-refractivity contribution in [2.45, 2.75) is 24.9 Å². The molecule has 0 spiro atoms. The monoisotopic (exact) mass is 351 g/mol. The molecular weight excluding hydrogens is 334 g/mol. The molecule has 3 atom stereocenters. The van der Waals surface area contributed by atoms with Gasteiger partial charge in [-0.3, -0.25) is 8.97 Å². The lowest BCUT2D eigenvalue weighted by Gasteiger charge is -2.13. The number of aromatic nitrogens is 5. The van der Waals surface area contributed by atoms with Gasteiger partial charge in [-0.2, -0.15) is 0 Å². The third-order valence-electron chi connectivity index (χ3n) is 4.84. The molecule has 1 aliphatic heterocycles. The lowest BCUT2D eigenvalue weighted by molar-refractivity contribution is -0.0432. The van der Waals surface area contributed by atoms with Crippen molar-refractivity contribution < 1.29 is 14.9 Å². The van der Waals surface area contributed by atoms with Crippen LogP contribution in [0.15, 0.2) is 49.2 Å². The number of hydrogen-bond acceptors (Lipinski definition) is 6. The summed E-state index contributed by atoms with van der Waals surface area (Å²) in [5.41, 5.74) is 4.01. The zero-order valence-electron chi connectivity index (χ0n) is 13.8. The molecule has 0 unspecified atom stereocenters. The minimum Gasteiger partial charge on any atom is -0.394 e. The Bertz CT molecular complexity index is 1070. The smallest absolute Gasteiger partial charge is 0.168 e. The van der Waals surface area contributed by atoms with Gasteiger partial charge in [0.15, 0.2) is 16.8 Å². The molecule has 0 bridgehead atoms. The van der Waals surface area contributed by atoms with Gasteiger partial charge in [-0.15, -0.1) is 0 Å². The minimum atomic E-state index is -0.706. The molecule has 2 N–H and O–H groups in total. The van der Waals surface area contributed by atoms with Crippen LogP contribution < -0.4 is 0 Å². The summed E-state index contributed by atoms with van der Waals surface area (Å²) in [4.78, 5) is 13.5. The van der Waals surface area contributed by atoms with Gasteiger partial charge in [-0.05, 0) is 0 Å². The highest BCUT2D eigenvalue weighted by Crippen LogP contribution is 2.31. The van der Waals surface area contributed by atoms with Gasteiger partial charge >= 0.3 is 0 Å². The topological polar surface area (TPSA) is 97.7 Å². The number of aliphatic hydroxyl groups excluding tert-OH is 2. The SMILES string of the molecule is OC[C@H]1O[C@@H](n2cnc3c2ncn2c(-c4ccccc4)cnc32)C[C@@H]1O. The fourth-order valence-corrected chi connectivity index (χ4v) is 3.49. The van der Waals surface area contributed by atoms with Crippen LogP contribution in [-0.4, -0.2) is 52.9 Å². The second kappa shape index (κ2) is 5.87. The molecule has 8 nitrogen and oxygen atoms in total. The summed E-state index contributed by atoms with van der Waals surface area (Å²) in [5.74, 6) is 0. The minimum absolute atomic E-state index is 0.220. The second-order valence-electron chi connectivity index (χ2n) is 6.39.